The number of piperidine rings is 1. The van der Waals surface area contributed by atoms with Gasteiger partial charge in [0.1, 0.15) is 0 Å². The van der Waals surface area contributed by atoms with Gasteiger partial charge in [0.15, 0.2) is 0 Å². The quantitative estimate of drug-likeness (QED) is 0.218. The molecule has 0 radical (unpaired) electrons. The van der Waals surface area contributed by atoms with E-state index in [0.29, 0.717) is 11.3 Å². The first kappa shape index (κ1) is 27.2. The monoisotopic (exact) mass is 568 g/mol. The standard InChI is InChI=1S/C37H36N4O2/c1-37(2)32-16-14-30(23-34(32)39-36(37)43)41(29-13-11-26-17-18-38-33(26)22-29)35(42)27-12-15-31(25-9-5-3-6-10-25)28(21-27)24-40-19-7-4-8-20-40/h3,5-6,9-18,21-23,38H,4,7-8,19-20,24H2,1-2H3,(H,39,43). The highest BCUT2D eigenvalue weighted by molar-refractivity contribution is 6.13. The van der Waals surface area contributed by atoms with E-state index in [9.17, 15) is 9.59 Å². The third-order valence-corrected chi connectivity index (χ3v) is 9.03. The molecule has 0 unspecified atom stereocenters. The average Bonchev–Trinajstić information content (AvgIpc) is 3.58. The summed E-state index contributed by atoms with van der Waals surface area (Å²) in [4.78, 5) is 34.9. The van der Waals surface area contributed by atoms with Crippen LogP contribution in [0.4, 0.5) is 17.1 Å². The van der Waals surface area contributed by atoms with Gasteiger partial charge in [-0.1, -0.05) is 55.0 Å². The SMILES string of the molecule is CC1(C)C(=O)Nc2cc(N(C(=O)c3ccc(-c4ccccc4)c(CN4CCCCC4)c3)c3ccc4cc[nH]c4c3)ccc21. The first-order valence-electron chi connectivity index (χ1n) is 15.2. The first-order valence-corrected chi connectivity index (χ1v) is 15.2. The van der Waals surface area contributed by atoms with Crippen LogP contribution in [0.2, 0.25) is 0 Å². The van der Waals surface area contributed by atoms with Crippen molar-refractivity contribution in [2.45, 2.75) is 45.1 Å². The van der Waals surface area contributed by atoms with E-state index in [2.05, 4.69) is 51.6 Å². The van der Waals surface area contributed by atoms with Gasteiger partial charge < -0.3 is 10.3 Å². The van der Waals surface area contributed by atoms with Crippen molar-refractivity contribution in [3.05, 3.63) is 114 Å². The Morgan fingerprint density at radius 2 is 1.63 bits per heavy atom. The van der Waals surface area contributed by atoms with Crippen molar-refractivity contribution in [1.29, 1.82) is 0 Å². The van der Waals surface area contributed by atoms with Gasteiger partial charge in [0, 0.05) is 29.5 Å². The smallest absolute Gasteiger partial charge is 0.262 e. The second kappa shape index (κ2) is 10.9. The zero-order valence-corrected chi connectivity index (χ0v) is 24.7. The number of hydrogen-bond acceptors (Lipinski definition) is 3. The van der Waals surface area contributed by atoms with Gasteiger partial charge >= 0.3 is 0 Å². The van der Waals surface area contributed by atoms with E-state index in [1.807, 2.05) is 74.6 Å². The largest absolute Gasteiger partial charge is 0.361 e. The minimum absolute atomic E-state index is 0.0378. The average molecular weight is 569 g/mol. The summed E-state index contributed by atoms with van der Waals surface area (Å²) < 4.78 is 0. The normalized spacial score (nSPS) is 16.2. The molecule has 0 atom stereocenters. The molecule has 2 N–H and O–H groups in total. The van der Waals surface area contributed by atoms with Crippen LogP contribution < -0.4 is 10.2 Å². The fourth-order valence-corrected chi connectivity index (χ4v) is 6.52. The molecule has 1 fully saturated rings. The molecule has 1 saturated heterocycles. The first-order chi connectivity index (χ1) is 20.9. The molecular formula is C37H36N4O2. The molecule has 2 aliphatic rings. The number of aromatic amines is 1. The zero-order chi connectivity index (χ0) is 29.6. The van der Waals surface area contributed by atoms with Crippen LogP contribution in [0.25, 0.3) is 22.0 Å². The predicted molar refractivity (Wildman–Crippen MR) is 174 cm³/mol. The highest BCUT2D eigenvalue weighted by Crippen LogP contribution is 2.41. The Hall–Kier alpha value is -4.68. The van der Waals surface area contributed by atoms with Crippen molar-refractivity contribution in [3.8, 4) is 11.1 Å². The summed E-state index contributed by atoms with van der Waals surface area (Å²) in [5, 5.41) is 4.11. The van der Waals surface area contributed by atoms with Gasteiger partial charge in [0.25, 0.3) is 5.91 Å². The summed E-state index contributed by atoms with van der Waals surface area (Å²) in [6.07, 6.45) is 5.60. The number of fused-ring (bicyclic) bond motifs is 2. The maximum atomic E-state index is 14.6. The maximum Gasteiger partial charge on any atom is 0.262 e. The van der Waals surface area contributed by atoms with Crippen LogP contribution in [0, 0.1) is 0 Å². The molecule has 6 nitrogen and oxygen atoms in total. The second-order valence-electron chi connectivity index (χ2n) is 12.3. The van der Waals surface area contributed by atoms with Crippen LogP contribution in [-0.2, 0) is 16.8 Å². The number of benzene rings is 4. The summed E-state index contributed by atoms with van der Waals surface area (Å²) in [7, 11) is 0. The topological polar surface area (TPSA) is 68.4 Å². The van der Waals surface area contributed by atoms with Gasteiger partial charge in [0.05, 0.1) is 16.8 Å². The molecule has 0 bridgehead atoms. The molecule has 0 aliphatic carbocycles. The van der Waals surface area contributed by atoms with Gasteiger partial charge in [-0.15, -0.1) is 0 Å². The Morgan fingerprint density at radius 3 is 2.44 bits per heavy atom. The van der Waals surface area contributed by atoms with E-state index in [4.69, 9.17) is 0 Å². The van der Waals surface area contributed by atoms with E-state index in [1.165, 1.54) is 19.3 Å². The Kier molecular flexibility index (Phi) is 6.86. The number of likely N-dealkylation sites (tertiary alicyclic amines) is 1. The summed E-state index contributed by atoms with van der Waals surface area (Å²) in [5.41, 5.74) is 7.57. The van der Waals surface area contributed by atoms with Gasteiger partial charge in [-0.3, -0.25) is 19.4 Å². The number of nitrogens with one attached hydrogen (secondary N) is 2. The van der Waals surface area contributed by atoms with E-state index >= 15 is 0 Å². The number of amides is 2. The van der Waals surface area contributed by atoms with Gasteiger partial charge in [-0.25, -0.2) is 0 Å². The fraction of sp³-hybridized carbons (Fsp3) is 0.243. The highest BCUT2D eigenvalue weighted by atomic mass is 16.2. The molecule has 0 saturated carbocycles. The minimum Gasteiger partial charge on any atom is -0.361 e. The lowest BCUT2D eigenvalue weighted by atomic mass is 9.86. The Morgan fingerprint density at radius 1 is 0.860 bits per heavy atom. The summed E-state index contributed by atoms with van der Waals surface area (Å²) in [6, 6.07) is 30.4. The second-order valence-corrected chi connectivity index (χ2v) is 12.3. The molecule has 216 valence electrons. The third kappa shape index (κ3) is 5.02. The number of carbonyl (C=O) groups is 2. The van der Waals surface area contributed by atoms with E-state index in [-0.39, 0.29) is 11.8 Å². The Balaban J connectivity index is 1.33. The lowest BCUT2D eigenvalue weighted by Gasteiger charge is -2.28. The van der Waals surface area contributed by atoms with Crippen LogP contribution in [0.3, 0.4) is 0 Å². The van der Waals surface area contributed by atoms with Crippen molar-refractivity contribution >= 4 is 39.8 Å². The maximum absolute atomic E-state index is 14.6. The molecule has 0 spiro atoms. The van der Waals surface area contributed by atoms with Crippen LogP contribution >= 0.6 is 0 Å². The number of nitrogens with zero attached hydrogens (tertiary/aromatic N) is 2. The molecule has 7 rings (SSSR count). The van der Waals surface area contributed by atoms with E-state index in [1.54, 1.807) is 4.90 Å². The predicted octanol–water partition coefficient (Wildman–Crippen LogP) is 8.03. The summed E-state index contributed by atoms with van der Waals surface area (Å²) >= 11 is 0. The van der Waals surface area contributed by atoms with Gasteiger partial charge in [-0.2, -0.15) is 0 Å². The van der Waals surface area contributed by atoms with Gasteiger partial charge in [-0.05, 0) is 110 Å². The summed E-state index contributed by atoms with van der Waals surface area (Å²) in [6.45, 7) is 6.81. The number of rotatable bonds is 6. The molecule has 1 aromatic heterocycles. The minimum atomic E-state index is -0.623. The van der Waals surface area contributed by atoms with Crippen molar-refractivity contribution in [1.82, 2.24) is 9.88 Å². The van der Waals surface area contributed by atoms with Crippen molar-refractivity contribution < 1.29 is 9.59 Å². The van der Waals surface area contributed by atoms with Crippen molar-refractivity contribution in [3.63, 3.8) is 0 Å². The molecular weight excluding hydrogens is 532 g/mol. The van der Waals surface area contributed by atoms with E-state index in [0.717, 1.165) is 64.2 Å². The molecule has 2 aliphatic heterocycles. The molecule has 5 aromatic rings. The van der Waals surface area contributed by atoms with Crippen molar-refractivity contribution in [2.75, 3.05) is 23.3 Å². The van der Waals surface area contributed by atoms with E-state index < -0.39 is 5.41 Å². The lowest BCUT2D eigenvalue weighted by molar-refractivity contribution is -0.119. The number of carbonyl (C=O) groups excluding carboxylic acids is 2. The third-order valence-electron chi connectivity index (χ3n) is 9.03. The fourth-order valence-electron chi connectivity index (χ4n) is 6.52. The molecule has 4 aromatic carbocycles. The van der Waals surface area contributed by atoms with Crippen LogP contribution in [0.15, 0.2) is 97.2 Å². The number of H-pyrrole nitrogens is 1. The van der Waals surface area contributed by atoms with Crippen LogP contribution in [0.5, 0.6) is 0 Å². The lowest BCUT2D eigenvalue weighted by Crippen LogP contribution is -2.30. The Bertz CT molecular complexity index is 1830. The van der Waals surface area contributed by atoms with Crippen LogP contribution in [0.1, 0.15) is 54.6 Å². The zero-order valence-electron chi connectivity index (χ0n) is 24.7. The molecule has 3 heterocycles. The summed E-state index contributed by atoms with van der Waals surface area (Å²) in [5.74, 6) is -0.155. The van der Waals surface area contributed by atoms with Crippen LogP contribution in [-0.4, -0.2) is 34.8 Å². The highest BCUT2D eigenvalue weighted by Gasteiger charge is 2.38. The molecule has 6 heteroatoms. The van der Waals surface area contributed by atoms with Crippen molar-refractivity contribution in [2.24, 2.45) is 0 Å². The Labute approximate surface area is 252 Å². The van der Waals surface area contributed by atoms with Gasteiger partial charge in [0.2, 0.25) is 5.91 Å². The molecule has 43 heavy (non-hydrogen) atoms. The number of hydrogen-bond donors (Lipinski definition) is 2. The number of anilines is 3. The number of aromatic nitrogens is 1. The molecule has 2 amide bonds.